The van der Waals surface area contributed by atoms with Gasteiger partial charge in [0.1, 0.15) is 22.1 Å². The van der Waals surface area contributed by atoms with E-state index in [1.807, 2.05) is 17.5 Å². The van der Waals surface area contributed by atoms with Gasteiger partial charge in [-0.2, -0.15) is 0 Å². The summed E-state index contributed by atoms with van der Waals surface area (Å²) in [5, 5.41) is 17.5. The van der Waals surface area contributed by atoms with Crippen LogP contribution in [-0.2, 0) is 5.60 Å². The van der Waals surface area contributed by atoms with Crippen LogP contribution in [0.5, 0.6) is 0 Å². The highest BCUT2D eigenvalue weighted by molar-refractivity contribution is 7.20. The van der Waals surface area contributed by atoms with E-state index in [-0.39, 0.29) is 12.5 Å². The van der Waals surface area contributed by atoms with Crippen molar-refractivity contribution in [3.63, 3.8) is 0 Å². The van der Waals surface area contributed by atoms with Gasteiger partial charge in [0.25, 0.3) is 5.91 Å². The van der Waals surface area contributed by atoms with Crippen molar-refractivity contribution in [1.29, 1.82) is 0 Å². The van der Waals surface area contributed by atoms with Crippen molar-refractivity contribution in [1.82, 2.24) is 10.3 Å². The Hall–Kier alpha value is -1.96. The van der Waals surface area contributed by atoms with Gasteiger partial charge in [-0.3, -0.25) is 4.79 Å². The van der Waals surface area contributed by atoms with Crippen LogP contribution in [0.25, 0.3) is 9.88 Å². The summed E-state index contributed by atoms with van der Waals surface area (Å²) >= 11 is 3.00. The summed E-state index contributed by atoms with van der Waals surface area (Å²) in [5.74, 6) is 0.0937. The molecule has 3 aromatic heterocycles. The van der Waals surface area contributed by atoms with Crippen LogP contribution in [0, 0.1) is 0 Å². The predicted molar refractivity (Wildman–Crippen MR) is 86.0 cm³/mol. The molecule has 1 atom stereocenters. The quantitative estimate of drug-likeness (QED) is 0.752. The number of rotatable bonds is 5. The molecule has 114 valence electrons. The molecule has 0 aliphatic carbocycles. The zero-order valence-corrected chi connectivity index (χ0v) is 13.4. The first kappa shape index (κ1) is 15.0. The fourth-order valence-corrected chi connectivity index (χ4v) is 3.52. The second kappa shape index (κ2) is 6.04. The van der Waals surface area contributed by atoms with Crippen molar-refractivity contribution < 1.29 is 14.3 Å². The third kappa shape index (κ3) is 3.11. The van der Waals surface area contributed by atoms with Gasteiger partial charge in [0.15, 0.2) is 0 Å². The molecule has 22 heavy (non-hydrogen) atoms. The van der Waals surface area contributed by atoms with Crippen molar-refractivity contribution in [3.8, 4) is 9.88 Å². The summed E-state index contributed by atoms with van der Waals surface area (Å²) in [6.45, 7) is 1.63. The fourth-order valence-electron chi connectivity index (χ4n) is 1.91. The number of hydrogen-bond acceptors (Lipinski definition) is 6. The summed E-state index contributed by atoms with van der Waals surface area (Å²) in [6.07, 6.45) is 1.49. The molecule has 0 radical (unpaired) electrons. The van der Waals surface area contributed by atoms with Crippen LogP contribution in [0.4, 0.5) is 0 Å². The van der Waals surface area contributed by atoms with Gasteiger partial charge in [-0.05, 0) is 30.5 Å². The van der Waals surface area contributed by atoms with Crippen LogP contribution >= 0.6 is 22.7 Å². The lowest BCUT2D eigenvalue weighted by Crippen LogP contribution is -2.38. The van der Waals surface area contributed by atoms with Gasteiger partial charge in [-0.1, -0.05) is 6.07 Å². The Morgan fingerprint density at radius 1 is 1.41 bits per heavy atom. The summed E-state index contributed by atoms with van der Waals surface area (Å²) in [5.41, 5.74) is -0.908. The molecule has 2 N–H and O–H groups in total. The summed E-state index contributed by atoms with van der Waals surface area (Å²) in [4.78, 5) is 17.5. The molecule has 3 rings (SSSR count). The molecule has 0 fully saturated rings. The van der Waals surface area contributed by atoms with E-state index >= 15 is 0 Å². The van der Waals surface area contributed by atoms with Gasteiger partial charge in [-0.25, -0.2) is 4.98 Å². The maximum Gasteiger partial charge on any atom is 0.270 e. The molecule has 0 saturated carbocycles. The Labute approximate surface area is 135 Å². The Morgan fingerprint density at radius 2 is 2.27 bits per heavy atom. The molecule has 0 spiro atoms. The van der Waals surface area contributed by atoms with Gasteiger partial charge < -0.3 is 14.8 Å². The zero-order chi connectivity index (χ0) is 15.6. The van der Waals surface area contributed by atoms with Crippen LogP contribution in [-0.4, -0.2) is 22.5 Å². The highest BCUT2D eigenvalue weighted by Crippen LogP contribution is 2.27. The van der Waals surface area contributed by atoms with Crippen molar-refractivity contribution in [2.24, 2.45) is 0 Å². The second-order valence-corrected chi connectivity index (χ2v) is 6.75. The summed E-state index contributed by atoms with van der Waals surface area (Å²) < 4.78 is 5.18. The van der Waals surface area contributed by atoms with Crippen molar-refractivity contribution in [3.05, 3.63) is 52.7 Å². The van der Waals surface area contributed by atoms with Gasteiger partial charge in [0, 0.05) is 5.38 Å². The SMILES string of the molecule is CC(O)(CNC(=O)c1csc(-c2cccs2)n1)c1ccco1. The first-order valence-electron chi connectivity index (χ1n) is 6.60. The standard InChI is InChI=1S/C15H14N2O3S2/c1-15(19,12-5-2-6-20-12)9-16-13(18)10-8-22-14(17-10)11-4-3-7-21-11/h2-8,19H,9H2,1H3,(H,16,18). The first-order valence-corrected chi connectivity index (χ1v) is 8.36. The third-order valence-corrected chi connectivity index (χ3v) is 5.00. The number of thiophene rings is 1. The van der Waals surface area contributed by atoms with E-state index in [0.717, 1.165) is 9.88 Å². The first-order chi connectivity index (χ1) is 10.6. The molecule has 0 aliphatic rings. The maximum atomic E-state index is 12.1. The van der Waals surface area contributed by atoms with Gasteiger partial charge in [0.2, 0.25) is 0 Å². The molecule has 1 amide bonds. The Balaban J connectivity index is 1.65. The average Bonchev–Trinajstić information content (AvgIpc) is 3.26. The molecule has 0 saturated heterocycles. The fraction of sp³-hybridized carbons (Fsp3) is 0.200. The Bertz CT molecular complexity index is 746. The maximum absolute atomic E-state index is 12.1. The van der Waals surface area contributed by atoms with E-state index in [2.05, 4.69) is 10.3 Å². The number of carbonyl (C=O) groups is 1. The topological polar surface area (TPSA) is 75.4 Å². The minimum Gasteiger partial charge on any atom is -0.466 e. The molecule has 0 bridgehead atoms. The smallest absolute Gasteiger partial charge is 0.270 e. The van der Waals surface area contributed by atoms with E-state index in [0.29, 0.717) is 11.5 Å². The zero-order valence-electron chi connectivity index (χ0n) is 11.8. The lowest BCUT2D eigenvalue weighted by atomic mass is 10.0. The number of hydrogen-bond donors (Lipinski definition) is 2. The number of carbonyl (C=O) groups excluding carboxylic acids is 1. The number of nitrogens with one attached hydrogen (secondary N) is 1. The highest BCUT2D eigenvalue weighted by atomic mass is 32.1. The molecule has 1 unspecified atom stereocenters. The van der Waals surface area contributed by atoms with Crippen molar-refractivity contribution >= 4 is 28.6 Å². The van der Waals surface area contributed by atoms with Gasteiger partial charge in [-0.15, -0.1) is 22.7 Å². The van der Waals surface area contributed by atoms with Crippen LogP contribution in [0.1, 0.15) is 23.2 Å². The lowest BCUT2D eigenvalue weighted by molar-refractivity contribution is 0.0329. The summed E-state index contributed by atoms with van der Waals surface area (Å²) in [6, 6.07) is 7.28. The monoisotopic (exact) mass is 334 g/mol. The van der Waals surface area contributed by atoms with Gasteiger partial charge in [0.05, 0.1) is 17.7 Å². The van der Waals surface area contributed by atoms with Crippen molar-refractivity contribution in [2.75, 3.05) is 6.54 Å². The van der Waals surface area contributed by atoms with E-state index in [1.54, 1.807) is 35.8 Å². The molecule has 7 heteroatoms. The van der Waals surface area contributed by atoms with Gasteiger partial charge >= 0.3 is 0 Å². The van der Waals surface area contributed by atoms with Crippen LogP contribution in [0.3, 0.4) is 0 Å². The lowest BCUT2D eigenvalue weighted by Gasteiger charge is -2.20. The van der Waals surface area contributed by atoms with Crippen molar-refractivity contribution in [2.45, 2.75) is 12.5 Å². The number of furan rings is 1. The molecule has 0 aromatic carbocycles. The number of aliphatic hydroxyl groups is 1. The summed E-state index contributed by atoms with van der Waals surface area (Å²) in [7, 11) is 0. The van der Waals surface area contributed by atoms with E-state index < -0.39 is 5.60 Å². The molecule has 3 heterocycles. The van der Waals surface area contributed by atoms with Crippen LogP contribution in [0.15, 0.2) is 45.7 Å². The minimum atomic E-state index is -1.26. The normalized spacial score (nSPS) is 13.7. The molecule has 5 nitrogen and oxygen atoms in total. The number of thiazole rings is 1. The number of aromatic nitrogens is 1. The van der Waals surface area contributed by atoms with Crippen LogP contribution < -0.4 is 5.32 Å². The molecular weight excluding hydrogens is 320 g/mol. The average molecular weight is 334 g/mol. The number of amides is 1. The molecule has 3 aromatic rings. The predicted octanol–water partition coefficient (Wildman–Crippen LogP) is 3.10. The Kier molecular flexibility index (Phi) is 4.10. The molecule has 0 aliphatic heterocycles. The number of nitrogens with zero attached hydrogens (tertiary/aromatic N) is 1. The minimum absolute atomic E-state index is 0.0468. The van der Waals surface area contributed by atoms with E-state index in [9.17, 15) is 9.90 Å². The highest BCUT2D eigenvalue weighted by Gasteiger charge is 2.27. The van der Waals surface area contributed by atoms with E-state index in [4.69, 9.17) is 4.42 Å². The van der Waals surface area contributed by atoms with Crippen LogP contribution in [0.2, 0.25) is 0 Å². The second-order valence-electron chi connectivity index (χ2n) is 4.95. The third-order valence-electron chi connectivity index (χ3n) is 3.11. The largest absolute Gasteiger partial charge is 0.466 e. The van der Waals surface area contributed by atoms with E-state index in [1.165, 1.54) is 17.6 Å². The Morgan fingerprint density at radius 3 is 2.95 bits per heavy atom. The molecular formula is C15H14N2O3S2.